The van der Waals surface area contributed by atoms with E-state index in [2.05, 4.69) is 0 Å². The molecule has 0 heterocycles. The molecule has 0 spiro atoms. The van der Waals surface area contributed by atoms with E-state index in [1.807, 2.05) is 130 Å². The second kappa shape index (κ2) is 36.5. The molecule has 0 atom stereocenters. The second-order valence-electron chi connectivity index (χ2n) is 8.03. The lowest BCUT2D eigenvalue weighted by atomic mass is 10.3. The molecule has 5 aromatic carbocycles. The van der Waals surface area contributed by atoms with Crippen LogP contribution in [0.25, 0.3) is 0 Å². The van der Waals surface area contributed by atoms with E-state index in [0.29, 0.717) is 23.0 Å². The molecule has 0 unspecified atom stereocenters. The number of benzene rings is 5. The van der Waals surface area contributed by atoms with Gasteiger partial charge >= 0.3 is 15.6 Å². The van der Waals surface area contributed by atoms with Gasteiger partial charge in [0.2, 0.25) is 0 Å². The van der Waals surface area contributed by atoms with Crippen LogP contribution in [0, 0.1) is 0 Å². The predicted octanol–water partition coefficient (Wildman–Crippen LogP) is 14.6. The topological polar surface area (TPSA) is 89.5 Å². The third kappa shape index (κ3) is 25.6. The maximum absolute atomic E-state index is 12.3. The normalized spacial score (nSPS) is 9.08. The van der Waals surface area contributed by atoms with E-state index in [1.165, 1.54) is 14.2 Å². The molecule has 0 saturated carbocycles. The Labute approximate surface area is 315 Å². The van der Waals surface area contributed by atoms with Gasteiger partial charge < -0.3 is 18.1 Å². The summed E-state index contributed by atoms with van der Waals surface area (Å²) in [4.78, 5) is 0. The van der Waals surface area contributed by atoms with Crippen LogP contribution in [0.4, 0.5) is 0 Å². The van der Waals surface area contributed by atoms with Gasteiger partial charge in [-0.1, -0.05) is 178 Å². The average molecular weight is 757 g/mol. The molecule has 0 aliphatic carbocycles. The minimum absolute atomic E-state index is 0.429. The van der Waals surface area contributed by atoms with Crippen LogP contribution in [-0.2, 0) is 18.2 Å². The number of hydrogen-bond acceptors (Lipinski definition) is 8. The van der Waals surface area contributed by atoms with Gasteiger partial charge in [0.05, 0.1) is 0 Å². The molecule has 0 saturated heterocycles. The first-order valence-corrected chi connectivity index (χ1v) is 20.7. The molecule has 10 heteroatoms. The monoisotopic (exact) mass is 756 g/mol. The zero-order valence-electron chi connectivity index (χ0n) is 33.2. The Morgan fingerprint density at radius 3 is 0.558 bits per heavy atom. The van der Waals surface area contributed by atoms with E-state index in [1.54, 1.807) is 97.1 Å². The summed E-state index contributed by atoms with van der Waals surface area (Å²) in [6.45, 7) is 20.0. The van der Waals surface area contributed by atoms with Crippen molar-refractivity contribution >= 4 is 15.6 Å². The van der Waals surface area contributed by atoms with Crippen LogP contribution < -0.4 is 18.1 Å². The van der Waals surface area contributed by atoms with Gasteiger partial charge in [-0.15, -0.1) is 0 Å². The number of phosphoric ester groups is 2. The van der Waals surface area contributed by atoms with E-state index in [4.69, 9.17) is 27.1 Å². The summed E-state index contributed by atoms with van der Waals surface area (Å²) in [5, 5.41) is 0. The Morgan fingerprint density at radius 1 is 0.288 bits per heavy atom. The zero-order valence-corrected chi connectivity index (χ0v) is 35.0. The van der Waals surface area contributed by atoms with Gasteiger partial charge in [0, 0.05) is 14.2 Å². The molecule has 0 N–H and O–H groups in total. The Kier molecular flexibility index (Phi) is 36.5. The highest BCUT2D eigenvalue weighted by molar-refractivity contribution is 7.49. The van der Waals surface area contributed by atoms with Crippen molar-refractivity contribution in [3.05, 3.63) is 158 Å². The summed E-state index contributed by atoms with van der Waals surface area (Å²) in [7, 11) is -4.72. The fraction of sp³-hybridized carbons (Fsp3) is 0.286. The van der Waals surface area contributed by atoms with Crippen LogP contribution in [0.1, 0.15) is 69.2 Å². The lowest BCUT2D eigenvalue weighted by Gasteiger charge is -2.16. The molecule has 5 rings (SSSR count). The molecule has 8 nitrogen and oxygen atoms in total. The first kappa shape index (κ1) is 52.0. The van der Waals surface area contributed by atoms with Crippen LogP contribution in [0.15, 0.2) is 158 Å². The van der Waals surface area contributed by atoms with Gasteiger partial charge in [0.15, 0.2) is 0 Å². The van der Waals surface area contributed by atoms with Crippen LogP contribution in [-0.4, -0.2) is 14.2 Å². The molecule has 0 aliphatic heterocycles. The Balaban J connectivity index is -0.000000661. The van der Waals surface area contributed by atoms with Crippen LogP contribution in [0.2, 0.25) is 0 Å². The number of rotatable bonds is 10. The van der Waals surface area contributed by atoms with Gasteiger partial charge in [0.1, 0.15) is 23.0 Å². The molecule has 0 fully saturated rings. The highest BCUT2D eigenvalue weighted by atomic mass is 31.2. The van der Waals surface area contributed by atoms with Crippen molar-refractivity contribution in [2.45, 2.75) is 69.2 Å². The summed E-state index contributed by atoms with van der Waals surface area (Å²) in [5.74, 6) is 1.72. The van der Waals surface area contributed by atoms with Gasteiger partial charge in [-0.3, -0.25) is 9.05 Å². The summed E-state index contributed by atoms with van der Waals surface area (Å²) < 4.78 is 55.3. The molecule has 0 aromatic heterocycles. The van der Waals surface area contributed by atoms with Crippen molar-refractivity contribution in [3.8, 4) is 23.0 Å². The first-order valence-electron chi connectivity index (χ1n) is 17.7. The summed E-state index contributed by atoms with van der Waals surface area (Å²) >= 11 is 0. The van der Waals surface area contributed by atoms with Gasteiger partial charge in [-0.05, 0) is 48.5 Å². The predicted molar refractivity (Wildman–Crippen MR) is 221 cm³/mol. The van der Waals surface area contributed by atoms with Gasteiger partial charge in [0.25, 0.3) is 0 Å². The third-order valence-corrected chi connectivity index (χ3v) is 7.59. The van der Waals surface area contributed by atoms with Crippen LogP contribution >= 0.6 is 15.6 Å². The van der Waals surface area contributed by atoms with Crippen molar-refractivity contribution in [2.75, 3.05) is 14.2 Å². The average Bonchev–Trinajstić information content (AvgIpc) is 3.24. The lowest BCUT2D eigenvalue weighted by molar-refractivity contribution is 0.248. The van der Waals surface area contributed by atoms with Crippen LogP contribution in [0.5, 0.6) is 23.0 Å². The minimum atomic E-state index is -3.64. The quantitative estimate of drug-likeness (QED) is 0.130. The van der Waals surface area contributed by atoms with Gasteiger partial charge in [-0.25, -0.2) is 9.13 Å². The van der Waals surface area contributed by atoms with E-state index in [-0.39, 0.29) is 0 Å². The molecular weight excluding hydrogens is 694 g/mol. The van der Waals surface area contributed by atoms with E-state index >= 15 is 0 Å². The van der Waals surface area contributed by atoms with Crippen molar-refractivity contribution in [1.29, 1.82) is 0 Å². The second-order valence-corrected chi connectivity index (χ2v) is 11.3. The Hall–Kier alpha value is -4.32. The molecule has 0 aliphatic rings. The minimum Gasteiger partial charge on any atom is -0.395 e. The van der Waals surface area contributed by atoms with Crippen molar-refractivity contribution in [3.63, 3.8) is 0 Å². The third-order valence-electron chi connectivity index (χ3n) is 4.96. The SMILES string of the molecule is CC.CC.CC.CC.CC.COP(=O)(Oc1ccccc1)Oc1ccccc1.COP(=O)(Oc1ccccc1)Oc1ccccc1.c1ccccc1. The van der Waals surface area contributed by atoms with Crippen LogP contribution in [0.3, 0.4) is 0 Å². The molecule has 0 amide bonds. The van der Waals surface area contributed by atoms with E-state index < -0.39 is 15.6 Å². The number of hydrogen-bond donors (Lipinski definition) is 0. The molecule has 288 valence electrons. The standard InChI is InChI=1S/2C13H13O4P.C6H6.5C2H6/c2*1-15-18(14,16-12-8-4-2-5-9-12)17-13-10-6-3-7-11-13;1-2-4-6-5-3-1;5*1-2/h2*2-11H,1H3;1-6H;5*1-2H3. The van der Waals surface area contributed by atoms with Gasteiger partial charge in [-0.2, -0.15) is 0 Å². The fourth-order valence-electron chi connectivity index (χ4n) is 3.01. The summed E-state index contributed by atoms with van der Waals surface area (Å²) in [6, 6.07) is 47.0. The Morgan fingerprint density at radius 2 is 0.423 bits per heavy atom. The largest absolute Gasteiger partial charge is 0.587 e. The van der Waals surface area contributed by atoms with E-state index in [9.17, 15) is 9.13 Å². The molecular formula is C42H62O8P2. The van der Waals surface area contributed by atoms with Crippen molar-refractivity contribution in [2.24, 2.45) is 0 Å². The fourth-order valence-corrected chi connectivity index (χ4v) is 4.91. The number of para-hydroxylation sites is 4. The maximum atomic E-state index is 12.3. The summed E-state index contributed by atoms with van der Waals surface area (Å²) in [6.07, 6.45) is 0. The molecule has 0 bridgehead atoms. The lowest BCUT2D eigenvalue weighted by Crippen LogP contribution is -2.02. The Bertz CT molecular complexity index is 1280. The maximum Gasteiger partial charge on any atom is 0.587 e. The highest BCUT2D eigenvalue weighted by Gasteiger charge is 2.29. The van der Waals surface area contributed by atoms with Crippen molar-refractivity contribution < 1.29 is 36.3 Å². The summed E-state index contributed by atoms with van der Waals surface area (Å²) in [5.41, 5.74) is 0. The molecule has 52 heavy (non-hydrogen) atoms. The van der Waals surface area contributed by atoms with Crippen molar-refractivity contribution in [1.82, 2.24) is 0 Å². The van der Waals surface area contributed by atoms with E-state index in [0.717, 1.165) is 0 Å². The smallest absolute Gasteiger partial charge is 0.395 e. The first-order chi connectivity index (χ1) is 25.4. The molecule has 0 radical (unpaired) electrons. The number of phosphoric acid groups is 2. The highest BCUT2D eigenvalue weighted by Crippen LogP contribution is 2.49. The zero-order chi connectivity index (χ0) is 39.9. The molecule has 5 aromatic rings.